The molecule has 3 heterocycles. The Kier molecular flexibility index (Phi) is 6.09. The lowest BCUT2D eigenvalue weighted by Crippen LogP contribution is -2.20. The van der Waals surface area contributed by atoms with Crippen LogP contribution in [0.5, 0.6) is 0 Å². The maximum atomic E-state index is 14.6. The summed E-state index contributed by atoms with van der Waals surface area (Å²) < 4.78 is 14.6. The molecule has 0 aliphatic carbocycles. The highest BCUT2D eigenvalue weighted by Crippen LogP contribution is 2.33. The minimum atomic E-state index is -0.297. The van der Waals surface area contributed by atoms with Crippen molar-refractivity contribution in [1.29, 1.82) is 0 Å². The van der Waals surface area contributed by atoms with Crippen LogP contribution >= 0.6 is 0 Å². The van der Waals surface area contributed by atoms with Crippen LogP contribution in [0.3, 0.4) is 0 Å². The van der Waals surface area contributed by atoms with Crippen molar-refractivity contribution in [3.05, 3.63) is 84.2 Å². The van der Waals surface area contributed by atoms with Crippen LogP contribution in [0.15, 0.2) is 72.8 Å². The maximum absolute atomic E-state index is 14.6. The Morgan fingerprint density at radius 2 is 1.71 bits per heavy atom. The third kappa shape index (κ3) is 4.50. The Labute approximate surface area is 219 Å². The van der Waals surface area contributed by atoms with Crippen LogP contribution in [0.4, 0.5) is 10.1 Å². The van der Waals surface area contributed by atoms with E-state index in [0.717, 1.165) is 68.8 Å². The number of halogens is 1. The molecular formula is C30H28FN7. The molecule has 0 saturated heterocycles. The number of pyridine rings is 1. The number of anilines is 1. The molecule has 6 aromatic rings. The molecule has 7 nitrogen and oxygen atoms in total. The SMILES string of the molecule is Cc1ccccc1-c1ccc2[nH]nc(-c3nc4c(-c5cc(F)cc(NCCN(C)C)c5)cccc4[nH]3)c2n1. The smallest absolute Gasteiger partial charge is 0.161 e. The number of H-pyrrole nitrogens is 2. The molecule has 3 N–H and O–H groups in total. The first-order chi connectivity index (χ1) is 18.5. The molecule has 3 aromatic heterocycles. The number of nitrogens with one attached hydrogen (secondary N) is 3. The molecule has 6 rings (SSSR count). The van der Waals surface area contributed by atoms with Gasteiger partial charge in [0, 0.05) is 29.9 Å². The average molecular weight is 506 g/mol. The van der Waals surface area contributed by atoms with Crippen LogP contribution in [-0.2, 0) is 0 Å². The van der Waals surface area contributed by atoms with E-state index in [9.17, 15) is 4.39 Å². The number of nitrogens with zero attached hydrogens (tertiary/aromatic N) is 4. The summed E-state index contributed by atoms with van der Waals surface area (Å²) in [4.78, 5) is 15.3. The molecule has 0 saturated carbocycles. The van der Waals surface area contributed by atoms with Gasteiger partial charge in [-0.05, 0) is 68.5 Å². The standard InChI is InChI=1S/C30H28FN7/c1-18-7-4-5-8-22(18)24-11-12-26-28(33-24)29(37-36-26)30-34-25-10-6-9-23(27(25)35-30)19-15-20(31)17-21(16-19)32-13-14-38(2)3/h4-12,15-17,32H,13-14H2,1-3H3,(H,34,35)(H,36,37). The topological polar surface area (TPSA) is 85.5 Å². The number of benzene rings is 3. The van der Waals surface area contributed by atoms with Crippen molar-refractivity contribution in [2.45, 2.75) is 6.92 Å². The van der Waals surface area contributed by atoms with Crippen LogP contribution in [-0.4, -0.2) is 57.2 Å². The zero-order valence-electron chi connectivity index (χ0n) is 21.5. The number of rotatable bonds is 7. The summed E-state index contributed by atoms with van der Waals surface area (Å²) in [7, 11) is 4.02. The van der Waals surface area contributed by atoms with Crippen molar-refractivity contribution in [2.24, 2.45) is 0 Å². The Bertz CT molecular complexity index is 1770. The molecule has 0 unspecified atom stereocenters. The molecule has 38 heavy (non-hydrogen) atoms. The van der Waals surface area contributed by atoms with Gasteiger partial charge >= 0.3 is 0 Å². The van der Waals surface area contributed by atoms with Crippen LogP contribution in [0.25, 0.3) is 56.0 Å². The lowest BCUT2D eigenvalue weighted by Gasteiger charge is -2.13. The summed E-state index contributed by atoms with van der Waals surface area (Å²) in [5, 5.41) is 10.9. The van der Waals surface area contributed by atoms with E-state index in [1.54, 1.807) is 6.07 Å². The van der Waals surface area contributed by atoms with E-state index in [0.29, 0.717) is 11.5 Å². The minimum Gasteiger partial charge on any atom is -0.384 e. The highest BCUT2D eigenvalue weighted by molar-refractivity contribution is 5.96. The van der Waals surface area contributed by atoms with Gasteiger partial charge in [-0.3, -0.25) is 5.10 Å². The maximum Gasteiger partial charge on any atom is 0.161 e. The van der Waals surface area contributed by atoms with Crippen molar-refractivity contribution in [2.75, 3.05) is 32.5 Å². The molecular weight excluding hydrogens is 477 g/mol. The molecule has 8 heteroatoms. The van der Waals surface area contributed by atoms with Crippen LogP contribution < -0.4 is 5.32 Å². The number of hydrogen-bond acceptors (Lipinski definition) is 5. The Morgan fingerprint density at radius 1 is 0.868 bits per heavy atom. The number of likely N-dealkylation sites (N-methyl/N-ethyl adjacent to an activating group) is 1. The Morgan fingerprint density at radius 3 is 2.55 bits per heavy atom. The van der Waals surface area contributed by atoms with Gasteiger partial charge in [0.05, 0.1) is 22.2 Å². The van der Waals surface area contributed by atoms with Gasteiger partial charge in [0.15, 0.2) is 11.5 Å². The number of hydrogen-bond donors (Lipinski definition) is 3. The monoisotopic (exact) mass is 505 g/mol. The molecule has 3 aromatic carbocycles. The lowest BCUT2D eigenvalue weighted by molar-refractivity contribution is 0.425. The number of para-hydroxylation sites is 1. The van der Waals surface area contributed by atoms with E-state index in [-0.39, 0.29) is 5.82 Å². The van der Waals surface area contributed by atoms with Gasteiger partial charge in [-0.25, -0.2) is 14.4 Å². The fourth-order valence-electron chi connectivity index (χ4n) is 4.72. The predicted molar refractivity (Wildman–Crippen MR) is 152 cm³/mol. The fraction of sp³-hybridized carbons (Fsp3) is 0.167. The molecule has 0 spiro atoms. The quantitative estimate of drug-likeness (QED) is 0.239. The van der Waals surface area contributed by atoms with Crippen LogP contribution in [0, 0.1) is 12.7 Å². The van der Waals surface area contributed by atoms with Gasteiger partial charge in [-0.2, -0.15) is 5.10 Å². The second-order valence-electron chi connectivity index (χ2n) is 9.73. The second kappa shape index (κ2) is 9.72. The van der Waals surface area contributed by atoms with Crippen LogP contribution in [0.2, 0.25) is 0 Å². The van der Waals surface area contributed by atoms with E-state index in [2.05, 4.69) is 44.5 Å². The van der Waals surface area contributed by atoms with E-state index >= 15 is 0 Å². The van der Waals surface area contributed by atoms with Gasteiger partial charge in [0.1, 0.15) is 11.3 Å². The molecule has 0 aliphatic rings. The van der Waals surface area contributed by atoms with Crippen molar-refractivity contribution >= 4 is 27.8 Å². The van der Waals surface area contributed by atoms with Crippen molar-refractivity contribution in [3.63, 3.8) is 0 Å². The summed E-state index contributed by atoms with van der Waals surface area (Å²) in [5.41, 5.74) is 9.25. The molecule has 0 bridgehead atoms. The third-order valence-corrected chi connectivity index (χ3v) is 6.66. The zero-order valence-corrected chi connectivity index (χ0v) is 21.5. The highest BCUT2D eigenvalue weighted by Gasteiger charge is 2.17. The van der Waals surface area contributed by atoms with Crippen molar-refractivity contribution in [3.8, 4) is 33.9 Å². The number of aromatic nitrogens is 5. The molecule has 0 atom stereocenters. The van der Waals surface area contributed by atoms with Gasteiger partial charge in [0.25, 0.3) is 0 Å². The summed E-state index contributed by atoms with van der Waals surface area (Å²) >= 11 is 0. The number of fused-ring (bicyclic) bond motifs is 2. The summed E-state index contributed by atoms with van der Waals surface area (Å²) in [6.45, 7) is 3.64. The molecule has 0 fully saturated rings. The molecule has 0 amide bonds. The molecule has 0 radical (unpaired) electrons. The van der Waals surface area contributed by atoms with Crippen molar-refractivity contribution in [1.82, 2.24) is 30.0 Å². The Hall–Kier alpha value is -4.56. The minimum absolute atomic E-state index is 0.297. The average Bonchev–Trinajstić information content (AvgIpc) is 3.52. The normalized spacial score (nSPS) is 11.6. The predicted octanol–water partition coefficient (Wildman–Crippen LogP) is 6.26. The van der Waals surface area contributed by atoms with Gasteiger partial charge in [0.2, 0.25) is 0 Å². The van der Waals surface area contributed by atoms with Crippen LogP contribution in [0.1, 0.15) is 5.56 Å². The number of aryl methyl sites for hydroxylation is 1. The van der Waals surface area contributed by atoms with E-state index in [1.165, 1.54) is 6.07 Å². The third-order valence-electron chi connectivity index (χ3n) is 6.66. The lowest BCUT2D eigenvalue weighted by atomic mass is 10.0. The molecule has 190 valence electrons. The first-order valence-corrected chi connectivity index (χ1v) is 12.6. The molecule has 0 aliphatic heterocycles. The van der Waals surface area contributed by atoms with E-state index in [1.807, 2.05) is 62.6 Å². The van der Waals surface area contributed by atoms with E-state index < -0.39 is 0 Å². The highest BCUT2D eigenvalue weighted by atomic mass is 19.1. The van der Waals surface area contributed by atoms with Crippen molar-refractivity contribution < 1.29 is 4.39 Å². The summed E-state index contributed by atoms with van der Waals surface area (Å²) in [6.07, 6.45) is 0. The largest absolute Gasteiger partial charge is 0.384 e. The van der Waals surface area contributed by atoms with Gasteiger partial charge < -0.3 is 15.2 Å². The zero-order chi connectivity index (χ0) is 26.2. The van der Waals surface area contributed by atoms with E-state index in [4.69, 9.17) is 9.97 Å². The first-order valence-electron chi connectivity index (χ1n) is 12.6. The summed E-state index contributed by atoms with van der Waals surface area (Å²) in [6, 6.07) is 23.1. The first kappa shape index (κ1) is 23.8. The second-order valence-corrected chi connectivity index (χ2v) is 9.73. The van der Waals surface area contributed by atoms with Gasteiger partial charge in [-0.15, -0.1) is 0 Å². The fourth-order valence-corrected chi connectivity index (χ4v) is 4.72. The Balaban J connectivity index is 1.41. The number of aromatic amines is 2. The van der Waals surface area contributed by atoms with Gasteiger partial charge in [-0.1, -0.05) is 36.4 Å². The summed E-state index contributed by atoms with van der Waals surface area (Å²) in [5.74, 6) is 0.308. The number of imidazole rings is 1.